The molecule has 0 spiro atoms. The average Bonchev–Trinajstić information content (AvgIpc) is 2.37. The molecule has 0 amide bonds. The van der Waals surface area contributed by atoms with Crippen molar-refractivity contribution in [2.24, 2.45) is 0 Å². The second-order valence-electron chi connectivity index (χ2n) is 4.49. The van der Waals surface area contributed by atoms with E-state index in [1.165, 1.54) is 12.0 Å². The molecule has 0 nitrogen and oxygen atoms in total. The third-order valence-electron chi connectivity index (χ3n) is 1.53. The van der Waals surface area contributed by atoms with Crippen LogP contribution in [0.5, 0.6) is 0 Å². The first-order valence-electron chi connectivity index (χ1n) is 7.40. The zero-order valence-corrected chi connectivity index (χ0v) is 14.4. The lowest BCUT2D eigenvalue weighted by molar-refractivity contribution is 1.09. The molecule has 0 aliphatic rings. The molecule has 0 aromatic heterocycles. The quantitative estimate of drug-likeness (QED) is 0.357. The molecule has 0 unspecified atom stereocenters. The fourth-order valence-corrected chi connectivity index (χ4v) is 0.816. The molecule has 0 fully saturated rings. The fraction of sp³-hybridized carbons (Fsp3) is 0.429. The normalized spacial score (nSPS) is 9.24. The van der Waals surface area contributed by atoms with Crippen molar-refractivity contribution in [3.05, 3.63) is 72.9 Å². The molecule has 0 aliphatic heterocycles. The van der Waals surface area contributed by atoms with Gasteiger partial charge in [0, 0.05) is 0 Å². The number of hydrogen-bond donors (Lipinski definition) is 0. The van der Waals surface area contributed by atoms with E-state index in [1.54, 1.807) is 6.08 Å². The maximum atomic E-state index is 3.90. The van der Waals surface area contributed by atoms with Crippen molar-refractivity contribution < 1.29 is 0 Å². The summed E-state index contributed by atoms with van der Waals surface area (Å²) in [4.78, 5) is 0. The van der Waals surface area contributed by atoms with Crippen LogP contribution in [0, 0.1) is 0 Å². The Morgan fingerprint density at radius 2 is 1.43 bits per heavy atom. The Balaban J connectivity index is -0.000000177. The van der Waals surface area contributed by atoms with Gasteiger partial charge in [0.2, 0.25) is 0 Å². The molecule has 0 saturated heterocycles. The SMILES string of the molecule is C.C=C(/C=C\C=C/C=C(C)C)/C=C\CC.C=CC.CCC. The Kier molecular flexibility index (Phi) is 35.5. The molecule has 0 bridgehead atoms. The lowest BCUT2D eigenvalue weighted by Crippen LogP contribution is -1.65. The lowest BCUT2D eigenvalue weighted by atomic mass is 10.2. The highest BCUT2D eigenvalue weighted by Gasteiger charge is 1.76. The summed E-state index contributed by atoms with van der Waals surface area (Å²) in [6.45, 7) is 19.7. The van der Waals surface area contributed by atoms with E-state index in [-0.39, 0.29) is 7.43 Å². The topological polar surface area (TPSA) is 0 Å². The van der Waals surface area contributed by atoms with Gasteiger partial charge in [0.1, 0.15) is 0 Å². The van der Waals surface area contributed by atoms with Gasteiger partial charge in [-0.3, -0.25) is 0 Å². The highest BCUT2D eigenvalue weighted by molar-refractivity contribution is 5.30. The van der Waals surface area contributed by atoms with Crippen molar-refractivity contribution in [1.82, 2.24) is 0 Å². The monoisotopic (exact) mass is 290 g/mol. The summed E-state index contributed by atoms with van der Waals surface area (Å²) >= 11 is 0. The van der Waals surface area contributed by atoms with Crippen molar-refractivity contribution in [2.45, 2.75) is 61.8 Å². The molecular formula is C21H38. The van der Waals surface area contributed by atoms with Crippen LogP contribution in [-0.4, -0.2) is 0 Å². The summed E-state index contributed by atoms with van der Waals surface area (Å²) in [5.41, 5.74) is 2.34. The first-order chi connectivity index (χ1) is 9.49. The van der Waals surface area contributed by atoms with Crippen LogP contribution >= 0.6 is 0 Å². The molecule has 0 radical (unpaired) electrons. The van der Waals surface area contributed by atoms with Gasteiger partial charge in [-0.1, -0.05) is 95.4 Å². The van der Waals surface area contributed by atoms with E-state index >= 15 is 0 Å². The first kappa shape index (κ1) is 27.7. The zero-order chi connectivity index (χ0) is 16.2. The van der Waals surface area contributed by atoms with Crippen molar-refractivity contribution in [3.63, 3.8) is 0 Å². The lowest BCUT2D eigenvalue weighted by Gasteiger charge is -1.86. The molecule has 0 aromatic carbocycles. The van der Waals surface area contributed by atoms with Crippen LogP contribution in [0.15, 0.2) is 72.9 Å². The summed E-state index contributed by atoms with van der Waals surface area (Å²) < 4.78 is 0. The predicted molar refractivity (Wildman–Crippen MR) is 105 cm³/mol. The van der Waals surface area contributed by atoms with E-state index in [4.69, 9.17) is 0 Å². The van der Waals surface area contributed by atoms with Gasteiger partial charge >= 0.3 is 0 Å². The molecule has 21 heavy (non-hydrogen) atoms. The van der Waals surface area contributed by atoms with Crippen LogP contribution < -0.4 is 0 Å². The third kappa shape index (κ3) is 45.7. The van der Waals surface area contributed by atoms with Crippen molar-refractivity contribution >= 4 is 0 Å². The summed E-state index contributed by atoms with van der Waals surface area (Å²) in [5, 5.41) is 0. The minimum Gasteiger partial charge on any atom is -0.103 e. The van der Waals surface area contributed by atoms with E-state index in [9.17, 15) is 0 Å². The number of rotatable bonds is 5. The van der Waals surface area contributed by atoms with Gasteiger partial charge in [-0.2, -0.15) is 0 Å². The molecule has 0 N–H and O–H groups in total. The van der Waals surface area contributed by atoms with Gasteiger partial charge in [0.15, 0.2) is 0 Å². The highest BCUT2D eigenvalue weighted by Crippen LogP contribution is 1.97. The maximum absolute atomic E-state index is 3.90. The van der Waals surface area contributed by atoms with E-state index in [1.807, 2.05) is 37.3 Å². The van der Waals surface area contributed by atoms with Gasteiger partial charge in [-0.05, 0) is 32.8 Å². The van der Waals surface area contributed by atoms with Gasteiger partial charge in [-0.15, -0.1) is 6.58 Å². The Morgan fingerprint density at radius 3 is 1.81 bits per heavy atom. The van der Waals surface area contributed by atoms with Crippen LogP contribution in [0.4, 0.5) is 0 Å². The summed E-state index contributed by atoms with van der Waals surface area (Å²) in [5.74, 6) is 0. The maximum Gasteiger partial charge on any atom is -0.0332 e. The smallest absolute Gasteiger partial charge is 0.0332 e. The largest absolute Gasteiger partial charge is 0.103 e. The Hall–Kier alpha value is -1.56. The summed E-state index contributed by atoms with van der Waals surface area (Å²) in [6, 6.07) is 0. The second kappa shape index (κ2) is 26.9. The Bertz CT molecular complexity index is 318. The van der Waals surface area contributed by atoms with Gasteiger partial charge in [0.25, 0.3) is 0 Å². The number of hydrogen-bond acceptors (Lipinski definition) is 0. The van der Waals surface area contributed by atoms with E-state index in [0.717, 1.165) is 12.0 Å². The minimum absolute atomic E-state index is 0. The van der Waals surface area contributed by atoms with E-state index in [0.29, 0.717) is 0 Å². The third-order valence-corrected chi connectivity index (χ3v) is 1.53. The van der Waals surface area contributed by atoms with Crippen LogP contribution in [0.3, 0.4) is 0 Å². The van der Waals surface area contributed by atoms with E-state index < -0.39 is 0 Å². The molecule has 0 aromatic rings. The van der Waals surface area contributed by atoms with Crippen LogP contribution in [0.2, 0.25) is 0 Å². The second-order valence-corrected chi connectivity index (χ2v) is 4.49. The van der Waals surface area contributed by atoms with Gasteiger partial charge in [0.05, 0.1) is 0 Å². The number of allylic oxidation sites excluding steroid dienone is 10. The molecule has 0 atom stereocenters. The molecular weight excluding hydrogens is 252 g/mol. The molecule has 0 heteroatoms. The summed E-state index contributed by atoms with van der Waals surface area (Å²) in [6.07, 6.45) is 18.3. The van der Waals surface area contributed by atoms with Crippen LogP contribution in [0.25, 0.3) is 0 Å². The van der Waals surface area contributed by atoms with Crippen molar-refractivity contribution in [2.75, 3.05) is 0 Å². The molecule has 122 valence electrons. The van der Waals surface area contributed by atoms with Gasteiger partial charge in [-0.25, -0.2) is 0 Å². The molecule has 0 aliphatic carbocycles. The summed E-state index contributed by atoms with van der Waals surface area (Å²) in [7, 11) is 0. The van der Waals surface area contributed by atoms with Crippen LogP contribution in [-0.2, 0) is 0 Å². The fourth-order valence-electron chi connectivity index (χ4n) is 0.816. The Labute approximate surface area is 135 Å². The van der Waals surface area contributed by atoms with Crippen molar-refractivity contribution in [1.29, 1.82) is 0 Å². The molecule has 0 heterocycles. The standard InChI is InChI=1S/C14H20.C3H8.C3H6.CH4/c1-5-6-11-14(4)12-9-7-8-10-13(2)3;2*1-3-2;/h6-12H,4-5H2,1-3H3;3H2,1-2H3;3H,1H2,2H3;1H4/b8-7-,11-6-,12-9-;;;. The van der Waals surface area contributed by atoms with Gasteiger partial charge < -0.3 is 0 Å². The van der Waals surface area contributed by atoms with E-state index in [2.05, 4.69) is 59.9 Å². The zero-order valence-electron chi connectivity index (χ0n) is 14.4. The highest BCUT2D eigenvalue weighted by atomic mass is 13.8. The van der Waals surface area contributed by atoms with Crippen molar-refractivity contribution in [3.8, 4) is 0 Å². The van der Waals surface area contributed by atoms with Crippen LogP contribution in [0.1, 0.15) is 61.8 Å². The average molecular weight is 291 g/mol. The minimum atomic E-state index is 0. The predicted octanol–water partition coefficient (Wildman–Crippen LogP) is 7.83. The first-order valence-corrected chi connectivity index (χ1v) is 7.40. The Morgan fingerprint density at radius 1 is 0.952 bits per heavy atom. The molecule has 0 saturated carbocycles. The molecule has 0 rings (SSSR count).